The number of rotatable bonds is 4. The van der Waals surface area contributed by atoms with Gasteiger partial charge in [0, 0.05) is 40.2 Å². The van der Waals surface area contributed by atoms with Gasteiger partial charge in [0.15, 0.2) is 0 Å². The van der Waals surface area contributed by atoms with Crippen LogP contribution in [0.4, 0.5) is 0 Å². The largest absolute Gasteiger partial charge is 0.458 e. The van der Waals surface area contributed by atoms with Gasteiger partial charge < -0.3 is 14.2 Å². The average Bonchev–Trinajstić information content (AvgIpc) is 3.86. The Hall–Kier alpha value is -4.24. The van der Waals surface area contributed by atoms with E-state index < -0.39 is 0 Å². The van der Waals surface area contributed by atoms with Gasteiger partial charge in [-0.15, -0.1) is 0 Å². The number of hydrogen-bond acceptors (Lipinski definition) is 3. The Balaban J connectivity index is 0.875. The molecule has 0 radical (unpaired) electrons. The van der Waals surface area contributed by atoms with Gasteiger partial charge in [-0.1, -0.05) is 103 Å². The van der Waals surface area contributed by atoms with Crippen LogP contribution in [-0.2, 0) is 0 Å². The molecule has 8 aliphatic rings. The molecule has 1 saturated heterocycles. The Morgan fingerprint density at radius 2 is 1.63 bits per heavy atom. The lowest BCUT2D eigenvalue weighted by Crippen LogP contribution is -2.41. The van der Waals surface area contributed by atoms with E-state index in [1.165, 1.54) is 92.1 Å². The van der Waals surface area contributed by atoms with Crippen molar-refractivity contribution in [2.45, 2.75) is 101 Å². The average molecular weight is 671 g/mol. The number of furan rings is 1. The van der Waals surface area contributed by atoms with Crippen LogP contribution < -0.4 is 0 Å². The second-order valence-electron chi connectivity index (χ2n) is 16.7. The molecule has 3 nitrogen and oxygen atoms in total. The van der Waals surface area contributed by atoms with Crippen LogP contribution in [0.3, 0.4) is 0 Å². The van der Waals surface area contributed by atoms with Crippen LogP contribution in [0.25, 0.3) is 22.6 Å². The van der Waals surface area contributed by atoms with Crippen molar-refractivity contribution in [3.8, 4) is 0 Å². The Labute approximate surface area is 303 Å². The Bertz CT molecular complexity index is 2080. The van der Waals surface area contributed by atoms with Gasteiger partial charge in [0.25, 0.3) is 0 Å². The molecule has 0 spiro atoms. The van der Waals surface area contributed by atoms with Gasteiger partial charge in [0.05, 0.1) is 18.1 Å². The predicted molar refractivity (Wildman–Crippen MR) is 208 cm³/mol. The van der Waals surface area contributed by atoms with Crippen LogP contribution in [0, 0.1) is 23.7 Å². The van der Waals surface area contributed by atoms with Gasteiger partial charge >= 0.3 is 0 Å². The number of benzene rings is 2. The lowest BCUT2D eigenvalue weighted by molar-refractivity contribution is 0.0964. The van der Waals surface area contributed by atoms with Gasteiger partial charge in [-0.3, -0.25) is 0 Å². The smallest absolute Gasteiger partial charge is 0.135 e. The molecule has 2 fully saturated rings. The van der Waals surface area contributed by atoms with Crippen molar-refractivity contribution in [3.05, 3.63) is 143 Å². The van der Waals surface area contributed by atoms with E-state index in [1.54, 1.807) is 17.0 Å². The fraction of sp³-hybridized carbons (Fsp3) is 0.417. The summed E-state index contributed by atoms with van der Waals surface area (Å²) in [5.74, 6) is 4.00. The summed E-state index contributed by atoms with van der Waals surface area (Å²) in [5.41, 5.74) is 11.9. The van der Waals surface area contributed by atoms with E-state index in [0.29, 0.717) is 41.9 Å². The van der Waals surface area contributed by atoms with Crippen molar-refractivity contribution >= 4 is 22.6 Å². The van der Waals surface area contributed by atoms with E-state index >= 15 is 0 Å². The molecular weight excluding hydrogens is 621 g/mol. The Morgan fingerprint density at radius 3 is 2.59 bits per heavy atom. The topological polar surface area (TPSA) is 19.6 Å². The number of fused-ring (bicyclic) bond motifs is 8. The highest BCUT2D eigenvalue weighted by molar-refractivity contribution is 5.89. The third-order valence-electron chi connectivity index (χ3n) is 14.2. The molecule has 1 aromatic heterocycles. The molecule has 6 aliphatic carbocycles. The summed E-state index contributed by atoms with van der Waals surface area (Å²) >= 11 is 0. The van der Waals surface area contributed by atoms with Crippen LogP contribution in [0.1, 0.15) is 100.0 Å². The van der Waals surface area contributed by atoms with Crippen LogP contribution in [-0.4, -0.2) is 27.9 Å². The summed E-state index contributed by atoms with van der Waals surface area (Å²) in [7, 11) is 0. The van der Waals surface area contributed by atoms with Gasteiger partial charge in [-0.25, -0.2) is 0 Å². The summed E-state index contributed by atoms with van der Waals surface area (Å²) in [5, 5.41) is 1.28. The minimum absolute atomic E-state index is 0.334. The van der Waals surface area contributed by atoms with Crippen LogP contribution in [0.5, 0.6) is 0 Å². The number of hydrogen-bond donors (Lipinski definition) is 0. The van der Waals surface area contributed by atoms with Crippen molar-refractivity contribution in [2.75, 3.05) is 0 Å². The fourth-order valence-corrected chi connectivity index (χ4v) is 12.0. The monoisotopic (exact) mass is 670 g/mol. The fourth-order valence-electron chi connectivity index (χ4n) is 12.0. The van der Waals surface area contributed by atoms with E-state index in [4.69, 9.17) is 4.42 Å². The first-order chi connectivity index (χ1) is 25.3. The zero-order chi connectivity index (χ0) is 33.5. The molecule has 11 rings (SSSR count). The maximum atomic E-state index is 6.71. The van der Waals surface area contributed by atoms with E-state index in [2.05, 4.69) is 119 Å². The minimum atomic E-state index is 0.334. The zero-order valence-corrected chi connectivity index (χ0v) is 29.8. The number of likely N-dealkylation sites (tertiary alicyclic amines) is 1. The van der Waals surface area contributed by atoms with Gasteiger partial charge in [0.1, 0.15) is 11.3 Å². The summed E-state index contributed by atoms with van der Waals surface area (Å²) in [4.78, 5) is 5.76. The van der Waals surface area contributed by atoms with E-state index in [1.807, 2.05) is 5.57 Å². The number of para-hydroxylation sites is 1. The molecule has 8 unspecified atom stereocenters. The second-order valence-corrected chi connectivity index (χ2v) is 16.7. The van der Waals surface area contributed by atoms with Crippen molar-refractivity contribution in [2.24, 2.45) is 23.7 Å². The SMILES string of the molecule is C1=CC2C(CC1)C1=CC(C3CCC4C(C3)C3=C(CCCC3)N4C3CC=Cc4c3oc3ccccc43)CC=C1N2C1C=C(c2ccccc2)C=CC1. The molecule has 2 aliphatic heterocycles. The van der Waals surface area contributed by atoms with E-state index in [-0.39, 0.29) is 0 Å². The summed E-state index contributed by atoms with van der Waals surface area (Å²) < 4.78 is 6.71. The lowest BCUT2D eigenvalue weighted by Gasteiger charge is -2.44. The number of nitrogens with zero attached hydrogens (tertiary/aromatic N) is 2. The van der Waals surface area contributed by atoms with Crippen LogP contribution in [0.15, 0.2) is 130 Å². The summed E-state index contributed by atoms with van der Waals surface area (Å²) in [6, 6.07) is 21.5. The first-order valence-corrected chi connectivity index (χ1v) is 20.3. The first kappa shape index (κ1) is 30.4. The van der Waals surface area contributed by atoms with Crippen molar-refractivity contribution < 1.29 is 4.42 Å². The quantitative estimate of drug-likeness (QED) is 0.258. The Kier molecular flexibility index (Phi) is 7.26. The molecule has 0 amide bonds. The molecule has 51 heavy (non-hydrogen) atoms. The van der Waals surface area contributed by atoms with Gasteiger partial charge in [-0.05, 0) is 117 Å². The van der Waals surface area contributed by atoms with E-state index in [0.717, 1.165) is 24.3 Å². The molecule has 1 saturated carbocycles. The number of allylic oxidation sites excluding steroid dienone is 7. The molecule has 258 valence electrons. The highest BCUT2D eigenvalue weighted by Gasteiger charge is 2.50. The third kappa shape index (κ3) is 4.83. The van der Waals surface area contributed by atoms with E-state index in [9.17, 15) is 0 Å². The summed E-state index contributed by atoms with van der Waals surface area (Å²) in [6.45, 7) is 0. The predicted octanol–water partition coefficient (Wildman–Crippen LogP) is 11.7. The maximum Gasteiger partial charge on any atom is 0.135 e. The molecule has 3 heterocycles. The molecular formula is C48H50N2O. The van der Waals surface area contributed by atoms with Crippen molar-refractivity contribution in [3.63, 3.8) is 0 Å². The normalized spacial score (nSPS) is 33.7. The Morgan fingerprint density at radius 1 is 0.745 bits per heavy atom. The van der Waals surface area contributed by atoms with Crippen LogP contribution >= 0.6 is 0 Å². The standard InChI is InChI=1S/C48H50N2O/c1-2-12-31(13-3-1)32-14-10-15-35(28-32)49-42-20-7-4-16-36(42)40-29-33(24-26-44(40)49)34-25-27-45-41(30-34)37-17-5-8-21-43(37)50(45)46-22-11-19-39-38-18-6-9-23-47(38)51-48(39)46/h1-3,6-7,9-14,18-20,23,26,28-29,33-36,41-42,45-46H,4-5,8,15-17,21-22,24-25,27,30H2. The minimum Gasteiger partial charge on any atom is -0.458 e. The molecule has 0 N–H and O–H groups in total. The third-order valence-corrected chi connectivity index (χ3v) is 14.2. The molecule has 3 aromatic rings. The molecule has 0 bridgehead atoms. The maximum absolute atomic E-state index is 6.71. The van der Waals surface area contributed by atoms with Gasteiger partial charge in [-0.2, -0.15) is 0 Å². The van der Waals surface area contributed by atoms with Crippen LogP contribution in [0.2, 0.25) is 0 Å². The second kappa shape index (κ2) is 12.2. The highest BCUT2D eigenvalue weighted by atomic mass is 16.3. The lowest BCUT2D eigenvalue weighted by atomic mass is 9.68. The summed E-state index contributed by atoms with van der Waals surface area (Å²) in [6.07, 6.45) is 37.7. The molecule has 2 aromatic carbocycles. The van der Waals surface area contributed by atoms with Gasteiger partial charge in [0.2, 0.25) is 0 Å². The van der Waals surface area contributed by atoms with Crippen molar-refractivity contribution in [1.29, 1.82) is 0 Å². The molecule has 8 atom stereocenters. The zero-order valence-electron chi connectivity index (χ0n) is 29.8. The molecule has 3 heteroatoms. The van der Waals surface area contributed by atoms with Crippen molar-refractivity contribution in [1.82, 2.24) is 9.80 Å². The highest BCUT2D eigenvalue weighted by Crippen LogP contribution is 2.56. The first-order valence-electron chi connectivity index (χ1n) is 20.3.